The molecule has 0 saturated carbocycles. The highest BCUT2D eigenvalue weighted by molar-refractivity contribution is 5.80. The van der Waals surface area contributed by atoms with Gasteiger partial charge in [-0.2, -0.15) is 5.10 Å². The molecular weight excluding hydrogens is 374 g/mol. The lowest BCUT2D eigenvalue weighted by molar-refractivity contribution is 0.0432. The number of phenolic OH excluding ortho intramolecular Hbond substituents is 1. The summed E-state index contributed by atoms with van der Waals surface area (Å²) in [5, 5.41) is 18.6. The third-order valence-electron chi connectivity index (χ3n) is 6.92. The zero-order valence-electron chi connectivity index (χ0n) is 18.2. The van der Waals surface area contributed by atoms with Crippen LogP contribution in [0.1, 0.15) is 41.2 Å². The van der Waals surface area contributed by atoms with Crippen LogP contribution < -0.4 is 10.1 Å². The molecular formula is C25H29N3O2. The Morgan fingerprint density at radius 1 is 1.13 bits per heavy atom. The Morgan fingerprint density at radius 3 is 2.80 bits per heavy atom. The van der Waals surface area contributed by atoms with Gasteiger partial charge in [0.25, 0.3) is 0 Å². The maximum Gasteiger partial charge on any atom is 0.127 e. The molecule has 3 aromatic rings. The minimum Gasteiger partial charge on any atom is -0.507 e. The molecule has 30 heavy (non-hydrogen) atoms. The van der Waals surface area contributed by atoms with Gasteiger partial charge in [-0.15, -0.1) is 0 Å². The van der Waals surface area contributed by atoms with Crippen LogP contribution in [0.2, 0.25) is 0 Å². The second kappa shape index (κ2) is 6.79. The van der Waals surface area contributed by atoms with Crippen molar-refractivity contribution in [2.24, 2.45) is 0 Å². The van der Waals surface area contributed by atoms with Gasteiger partial charge in [0.05, 0.1) is 12.2 Å². The Hall–Kier alpha value is -2.95. The van der Waals surface area contributed by atoms with Gasteiger partial charge in [0.2, 0.25) is 0 Å². The number of hydrogen-bond acceptors (Lipinski definition) is 4. The first-order chi connectivity index (χ1) is 14.4. The molecule has 0 radical (unpaired) electrons. The van der Waals surface area contributed by atoms with Crippen molar-refractivity contribution >= 4 is 5.69 Å². The number of nitrogens with one attached hydrogen (secondary N) is 1. The van der Waals surface area contributed by atoms with E-state index in [1.54, 1.807) is 0 Å². The average Bonchev–Trinajstić information content (AvgIpc) is 3.39. The van der Waals surface area contributed by atoms with Gasteiger partial charge in [-0.05, 0) is 75.3 Å². The van der Waals surface area contributed by atoms with Crippen molar-refractivity contribution < 1.29 is 9.84 Å². The van der Waals surface area contributed by atoms with Crippen molar-refractivity contribution in [3.8, 4) is 22.8 Å². The van der Waals surface area contributed by atoms with E-state index < -0.39 is 0 Å². The number of rotatable bonds is 3. The van der Waals surface area contributed by atoms with E-state index >= 15 is 0 Å². The smallest absolute Gasteiger partial charge is 0.127 e. The first-order valence-electron chi connectivity index (χ1n) is 10.8. The van der Waals surface area contributed by atoms with Crippen LogP contribution in [-0.4, -0.2) is 27.0 Å². The molecule has 0 bridgehead atoms. The van der Waals surface area contributed by atoms with Crippen LogP contribution in [0, 0.1) is 20.8 Å². The minimum absolute atomic E-state index is 0.361. The van der Waals surface area contributed by atoms with Crippen LogP contribution in [-0.2, 0) is 19.4 Å². The van der Waals surface area contributed by atoms with Gasteiger partial charge in [0.1, 0.15) is 17.1 Å². The molecule has 0 amide bonds. The van der Waals surface area contributed by atoms with Gasteiger partial charge in [-0.1, -0.05) is 18.2 Å². The molecule has 0 aliphatic carbocycles. The minimum atomic E-state index is -0.361. The van der Waals surface area contributed by atoms with E-state index in [4.69, 9.17) is 4.74 Å². The van der Waals surface area contributed by atoms with Crippen LogP contribution in [0.15, 0.2) is 30.5 Å². The van der Waals surface area contributed by atoms with Crippen LogP contribution in [0.4, 0.5) is 5.69 Å². The Labute approximate surface area is 177 Å². The molecule has 2 aromatic carbocycles. The molecule has 1 aromatic heterocycles. The second-order valence-electron chi connectivity index (χ2n) is 8.97. The molecule has 1 atom stereocenters. The van der Waals surface area contributed by atoms with Gasteiger partial charge in [0, 0.05) is 29.6 Å². The monoisotopic (exact) mass is 403 g/mol. The van der Waals surface area contributed by atoms with E-state index in [1.807, 2.05) is 27.0 Å². The van der Waals surface area contributed by atoms with E-state index in [0.29, 0.717) is 12.3 Å². The number of aromatic nitrogens is 2. The first kappa shape index (κ1) is 19.0. The molecule has 0 spiro atoms. The quantitative estimate of drug-likeness (QED) is 0.651. The summed E-state index contributed by atoms with van der Waals surface area (Å²) in [5.41, 5.74) is 8.58. The van der Waals surface area contributed by atoms with Gasteiger partial charge in [-0.25, -0.2) is 0 Å². The Bertz CT molecular complexity index is 1150. The summed E-state index contributed by atoms with van der Waals surface area (Å²) in [6.07, 6.45) is 4.72. The maximum atomic E-state index is 10.4. The van der Waals surface area contributed by atoms with Crippen LogP contribution in [0.3, 0.4) is 0 Å². The molecule has 2 aliphatic heterocycles. The fourth-order valence-corrected chi connectivity index (χ4v) is 4.96. The fourth-order valence-electron chi connectivity index (χ4n) is 4.96. The number of aromatic hydroxyl groups is 1. The summed E-state index contributed by atoms with van der Waals surface area (Å²) in [6.45, 7) is 9.83. The number of fused-ring (bicyclic) bond motifs is 2. The highest BCUT2D eigenvalue weighted by Crippen LogP contribution is 2.44. The Kier molecular flexibility index (Phi) is 4.31. The molecule has 0 saturated heterocycles. The molecule has 156 valence electrons. The maximum absolute atomic E-state index is 10.4. The lowest BCUT2D eigenvalue weighted by atomic mass is 9.87. The van der Waals surface area contributed by atoms with Gasteiger partial charge < -0.3 is 15.2 Å². The molecule has 5 nitrogen and oxygen atoms in total. The highest BCUT2D eigenvalue weighted by Gasteiger charge is 2.36. The normalized spacial score (nSPS) is 19.7. The van der Waals surface area contributed by atoms with Crippen molar-refractivity contribution in [2.75, 3.05) is 11.9 Å². The van der Waals surface area contributed by atoms with Gasteiger partial charge in [-0.3, -0.25) is 4.68 Å². The van der Waals surface area contributed by atoms with Crippen molar-refractivity contribution in [3.05, 3.63) is 58.3 Å². The largest absolute Gasteiger partial charge is 0.507 e. The van der Waals surface area contributed by atoms with E-state index in [0.717, 1.165) is 59.5 Å². The van der Waals surface area contributed by atoms with Crippen LogP contribution in [0.5, 0.6) is 11.5 Å². The van der Waals surface area contributed by atoms with Crippen molar-refractivity contribution in [2.45, 2.75) is 59.1 Å². The lowest BCUT2D eigenvalue weighted by Crippen LogP contribution is -2.41. The summed E-state index contributed by atoms with van der Waals surface area (Å²) < 4.78 is 8.72. The number of phenols is 1. The van der Waals surface area contributed by atoms with Gasteiger partial charge in [0.15, 0.2) is 0 Å². The van der Waals surface area contributed by atoms with Crippen molar-refractivity contribution in [1.29, 1.82) is 0 Å². The summed E-state index contributed by atoms with van der Waals surface area (Å²) >= 11 is 0. The molecule has 0 unspecified atom stereocenters. The molecule has 2 aliphatic rings. The predicted molar refractivity (Wildman–Crippen MR) is 120 cm³/mol. The topological polar surface area (TPSA) is 59.3 Å². The summed E-state index contributed by atoms with van der Waals surface area (Å²) in [4.78, 5) is 0. The Balaban J connectivity index is 1.49. The lowest BCUT2D eigenvalue weighted by Gasteiger charge is -2.38. The second-order valence-corrected chi connectivity index (χ2v) is 8.97. The van der Waals surface area contributed by atoms with E-state index in [2.05, 4.69) is 46.3 Å². The van der Waals surface area contributed by atoms with Crippen molar-refractivity contribution in [3.63, 3.8) is 0 Å². The number of benzene rings is 2. The van der Waals surface area contributed by atoms with E-state index in [1.165, 1.54) is 16.8 Å². The number of anilines is 1. The third kappa shape index (κ3) is 2.87. The molecule has 0 fully saturated rings. The summed E-state index contributed by atoms with van der Waals surface area (Å²) in [5.74, 6) is 1.34. The zero-order chi connectivity index (χ0) is 21.0. The SMILES string of the molecule is Cc1c(C)c2c(c(C)c1O)CC[C@@](C)(Cn1nccc1-c1cccc3c1NCC3)O2. The van der Waals surface area contributed by atoms with Crippen LogP contribution in [0.25, 0.3) is 11.3 Å². The highest BCUT2D eigenvalue weighted by atomic mass is 16.5. The third-order valence-corrected chi connectivity index (χ3v) is 6.92. The van der Waals surface area contributed by atoms with E-state index in [-0.39, 0.29) is 5.60 Å². The summed E-state index contributed by atoms with van der Waals surface area (Å²) in [7, 11) is 0. The number of hydrogen-bond donors (Lipinski definition) is 2. The molecule has 2 N–H and O–H groups in total. The molecule has 3 heterocycles. The van der Waals surface area contributed by atoms with Gasteiger partial charge >= 0.3 is 0 Å². The molecule has 5 rings (SSSR count). The predicted octanol–water partition coefficient (Wildman–Crippen LogP) is 4.93. The number of para-hydroxylation sites is 1. The molecule has 5 heteroatoms. The zero-order valence-corrected chi connectivity index (χ0v) is 18.2. The number of ether oxygens (including phenoxy) is 1. The fraction of sp³-hybridized carbons (Fsp3) is 0.400. The van der Waals surface area contributed by atoms with Crippen LogP contribution >= 0.6 is 0 Å². The average molecular weight is 404 g/mol. The van der Waals surface area contributed by atoms with E-state index in [9.17, 15) is 5.11 Å². The summed E-state index contributed by atoms with van der Waals surface area (Å²) in [6, 6.07) is 8.59. The van der Waals surface area contributed by atoms with Crippen molar-refractivity contribution in [1.82, 2.24) is 9.78 Å². The number of nitrogens with zero attached hydrogens (tertiary/aromatic N) is 2. The first-order valence-corrected chi connectivity index (χ1v) is 10.8. The standard InChI is InChI=1S/C25H29N3O2/c1-15-16(2)24-19(17(3)23(15)29)8-11-25(4,30-24)14-28-21(10-13-27-28)20-7-5-6-18-9-12-26-22(18)20/h5-7,10,13,26,29H,8-9,11-12,14H2,1-4H3/t25-/m0/s1. The Morgan fingerprint density at radius 2 is 1.97 bits per heavy atom.